The number of carboxylic acid groups (broad SMARTS) is 1. The molecular formula is C12H11NO3. The molecule has 0 saturated heterocycles. The number of hydrogen-bond donors (Lipinski definition) is 2. The quantitative estimate of drug-likeness (QED) is 0.758. The largest absolute Gasteiger partial charge is 0.478 e. The molecule has 0 bridgehead atoms. The Morgan fingerprint density at radius 1 is 1.38 bits per heavy atom. The van der Waals surface area contributed by atoms with Crippen LogP contribution in [0.15, 0.2) is 12.1 Å². The Labute approximate surface area is 91.9 Å². The molecule has 2 rings (SSSR count). The highest BCUT2D eigenvalue weighted by Crippen LogP contribution is 2.26. The van der Waals surface area contributed by atoms with Gasteiger partial charge in [-0.25, -0.2) is 4.79 Å². The average Bonchev–Trinajstić information content (AvgIpc) is 2.52. The normalized spacial score (nSPS) is 10.6. The zero-order valence-corrected chi connectivity index (χ0v) is 9.00. The molecule has 1 aromatic heterocycles. The van der Waals surface area contributed by atoms with Crippen molar-refractivity contribution in [2.24, 2.45) is 0 Å². The molecule has 2 N–H and O–H groups in total. The molecule has 0 amide bonds. The van der Waals surface area contributed by atoms with Crippen molar-refractivity contribution in [3.63, 3.8) is 0 Å². The highest BCUT2D eigenvalue weighted by Gasteiger charge is 2.16. The Kier molecular flexibility index (Phi) is 2.27. The lowest BCUT2D eigenvalue weighted by Crippen LogP contribution is -2.00. The molecule has 1 heterocycles. The third-order valence-electron chi connectivity index (χ3n) is 2.75. The number of aromatic amines is 1. The monoisotopic (exact) mass is 217 g/mol. The third-order valence-corrected chi connectivity index (χ3v) is 2.75. The van der Waals surface area contributed by atoms with Gasteiger partial charge in [0.05, 0.1) is 11.1 Å². The van der Waals surface area contributed by atoms with Gasteiger partial charge in [-0.15, -0.1) is 0 Å². The van der Waals surface area contributed by atoms with Crippen LogP contribution in [0.25, 0.3) is 10.9 Å². The van der Waals surface area contributed by atoms with Gasteiger partial charge in [-0.05, 0) is 19.4 Å². The van der Waals surface area contributed by atoms with Gasteiger partial charge in [0, 0.05) is 16.6 Å². The van der Waals surface area contributed by atoms with E-state index in [-0.39, 0.29) is 5.56 Å². The number of rotatable bonds is 2. The summed E-state index contributed by atoms with van der Waals surface area (Å²) in [6.07, 6.45) is 0.745. The van der Waals surface area contributed by atoms with E-state index < -0.39 is 5.97 Å². The number of aldehydes is 1. The molecular weight excluding hydrogens is 206 g/mol. The summed E-state index contributed by atoms with van der Waals surface area (Å²) in [5.41, 5.74) is 2.65. The van der Waals surface area contributed by atoms with E-state index >= 15 is 0 Å². The predicted molar refractivity (Wildman–Crippen MR) is 60.1 cm³/mol. The van der Waals surface area contributed by atoms with Crippen molar-refractivity contribution < 1.29 is 14.7 Å². The third kappa shape index (κ3) is 1.31. The van der Waals surface area contributed by atoms with Crippen molar-refractivity contribution in [3.8, 4) is 0 Å². The van der Waals surface area contributed by atoms with Crippen LogP contribution in [-0.2, 0) is 0 Å². The van der Waals surface area contributed by atoms with Crippen LogP contribution in [0.3, 0.4) is 0 Å². The Hall–Kier alpha value is -2.10. The van der Waals surface area contributed by atoms with E-state index in [1.807, 2.05) is 0 Å². The maximum Gasteiger partial charge on any atom is 0.338 e. The molecule has 1 aromatic carbocycles. The minimum Gasteiger partial charge on any atom is -0.478 e. The first-order valence-electron chi connectivity index (χ1n) is 4.86. The molecule has 0 aliphatic carbocycles. The fourth-order valence-corrected chi connectivity index (χ4v) is 1.95. The van der Waals surface area contributed by atoms with Gasteiger partial charge >= 0.3 is 5.97 Å². The number of hydrogen-bond acceptors (Lipinski definition) is 2. The van der Waals surface area contributed by atoms with E-state index in [9.17, 15) is 9.59 Å². The second-order valence-electron chi connectivity index (χ2n) is 3.77. The molecule has 0 aliphatic heterocycles. The van der Waals surface area contributed by atoms with E-state index in [1.54, 1.807) is 26.0 Å². The standard InChI is InChI=1S/C12H11NO3/c1-6-3-4-8-9(5-14)7(2)13-11(8)10(6)12(15)16/h3-5,13H,1-2H3,(H,15,16). The molecule has 0 saturated carbocycles. The number of fused-ring (bicyclic) bond motifs is 1. The van der Waals surface area contributed by atoms with Crippen molar-refractivity contribution >= 4 is 23.2 Å². The molecule has 0 radical (unpaired) electrons. The van der Waals surface area contributed by atoms with Crippen LogP contribution in [0.4, 0.5) is 0 Å². The summed E-state index contributed by atoms with van der Waals surface area (Å²) < 4.78 is 0. The molecule has 4 heteroatoms. The summed E-state index contributed by atoms with van der Waals surface area (Å²) in [5, 5.41) is 9.79. The summed E-state index contributed by atoms with van der Waals surface area (Å²) in [7, 11) is 0. The smallest absolute Gasteiger partial charge is 0.338 e. The molecule has 0 aliphatic rings. The van der Waals surface area contributed by atoms with Crippen molar-refractivity contribution in [2.45, 2.75) is 13.8 Å². The Morgan fingerprint density at radius 3 is 2.62 bits per heavy atom. The van der Waals surface area contributed by atoms with Gasteiger partial charge < -0.3 is 10.1 Å². The van der Waals surface area contributed by atoms with Crippen LogP contribution >= 0.6 is 0 Å². The number of carbonyl (C=O) groups excluding carboxylic acids is 1. The van der Waals surface area contributed by atoms with Crippen LogP contribution in [0.5, 0.6) is 0 Å². The summed E-state index contributed by atoms with van der Waals surface area (Å²) in [6, 6.07) is 3.48. The summed E-state index contributed by atoms with van der Waals surface area (Å²) >= 11 is 0. The number of aromatic nitrogens is 1. The molecule has 4 nitrogen and oxygen atoms in total. The topological polar surface area (TPSA) is 70.2 Å². The highest BCUT2D eigenvalue weighted by atomic mass is 16.4. The van der Waals surface area contributed by atoms with E-state index in [4.69, 9.17) is 5.11 Å². The minimum absolute atomic E-state index is 0.230. The predicted octanol–water partition coefficient (Wildman–Crippen LogP) is 2.30. The molecule has 0 fully saturated rings. The number of benzene rings is 1. The molecule has 16 heavy (non-hydrogen) atoms. The molecule has 2 aromatic rings. The summed E-state index contributed by atoms with van der Waals surface area (Å²) in [6.45, 7) is 3.49. The fraction of sp³-hybridized carbons (Fsp3) is 0.167. The first kappa shape index (κ1) is 10.4. The molecule has 0 atom stereocenters. The van der Waals surface area contributed by atoms with Gasteiger partial charge in [0.2, 0.25) is 0 Å². The van der Waals surface area contributed by atoms with Crippen LogP contribution < -0.4 is 0 Å². The average molecular weight is 217 g/mol. The number of H-pyrrole nitrogens is 1. The molecule has 82 valence electrons. The lowest BCUT2D eigenvalue weighted by Gasteiger charge is -2.01. The van der Waals surface area contributed by atoms with Crippen molar-refractivity contribution in [3.05, 3.63) is 34.5 Å². The van der Waals surface area contributed by atoms with Crippen molar-refractivity contribution in [2.75, 3.05) is 0 Å². The van der Waals surface area contributed by atoms with Crippen LogP contribution in [0, 0.1) is 13.8 Å². The van der Waals surface area contributed by atoms with Crippen molar-refractivity contribution in [1.82, 2.24) is 4.98 Å². The first-order chi connectivity index (χ1) is 7.56. The van der Waals surface area contributed by atoms with Crippen LogP contribution in [0.2, 0.25) is 0 Å². The second-order valence-corrected chi connectivity index (χ2v) is 3.77. The SMILES string of the molecule is Cc1ccc2c(C=O)c(C)[nH]c2c1C(=O)O. The Morgan fingerprint density at radius 2 is 2.06 bits per heavy atom. The van der Waals surface area contributed by atoms with E-state index in [2.05, 4.69) is 4.98 Å². The second kappa shape index (κ2) is 3.48. The van der Waals surface area contributed by atoms with E-state index in [0.29, 0.717) is 27.7 Å². The molecule has 0 unspecified atom stereocenters. The Balaban J connectivity index is 2.95. The highest BCUT2D eigenvalue weighted by molar-refractivity contribution is 6.08. The lowest BCUT2D eigenvalue weighted by molar-refractivity contribution is 0.0698. The summed E-state index contributed by atoms with van der Waals surface area (Å²) in [4.78, 5) is 25.0. The van der Waals surface area contributed by atoms with E-state index in [0.717, 1.165) is 6.29 Å². The molecule has 0 spiro atoms. The van der Waals surface area contributed by atoms with Gasteiger partial charge in [-0.2, -0.15) is 0 Å². The number of aromatic carboxylic acids is 1. The van der Waals surface area contributed by atoms with Gasteiger partial charge in [0.25, 0.3) is 0 Å². The first-order valence-corrected chi connectivity index (χ1v) is 4.86. The fourth-order valence-electron chi connectivity index (χ4n) is 1.95. The van der Waals surface area contributed by atoms with Gasteiger partial charge in [-0.3, -0.25) is 4.79 Å². The number of nitrogens with one attached hydrogen (secondary N) is 1. The van der Waals surface area contributed by atoms with Gasteiger partial charge in [0.15, 0.2) is 6.29 Å². The van der Waals surface area contributed by atoms with Crippen LogP contribution in [-0.4, -0.2) is 22.3 Å². The van der Waals surface area contributed by atoms with Gasteiger partial charge in [-0.1, -0.05) is 12.1 Å². The zero-order chi connectivity index (χ0) is 11.9. The van der Waals surface area contributed by atoms with E-state index in [1.165, 1.54) is 0 Å². The lowest BCUT2D eigenvalue weighted by atomic mass is 10.0. The minimum atomic E-state index is -0.984. The number of carboxylic acids is 1. The maximum atomic E-state index is 11.1. The zero-order valence-electron chi connectivity index (χ0n) is 9.00. The van der Waals surface area contributed by atoms with Crippen LogP contribution in [0.1, 0.15) is 32.0 Å². The van der Waals surface area contributed by atoms with Crippen molar-refractivity contribution in [1.29, 1.82) is 0 Å². The number of aryl methyl sites for hydroxylation is 2. The van der Waals surface area contributed by atoms with Gasteiger partial charge in [0.1, 0.15) is 0 Å². The Bertz CT molecular complexity index is 596. The summed E-state index contributed by atoms with van der Waals surface area (Å²) in [5.74, 6) is -0.984. The number of carbonyl (C=O) groups is 2. The maximum absolute atomic E-state index is 11.1.